The summed E-state index contributed by atoms with van der Waals surface area (Å²) < 4.78 is 40.4. The Morgan fingerprint density at radius 2 is 1.85 bits per heavy atom. The molecule has 0 spiro atoms. The van der Waals surface area contributed by atoms with Crippen LogP contribution in [0.5, 0.6) is 11.5 Å². The van der Waals surface area contributed by atoms with E-state index in [2.05, 4.69) is 15.7 Å². The highest BCUT2D eigenvalue weighted by Gasteiger charge is 2.35. The van der Waals surface area contributed by atoms with Gasteiger partial charge in [0, 0.05) is 37.3 Å². The summed E-state index contributed by atoms with van der Waals surface area (Å²) in [6.45, 7) is 4.36. The number of aromatic nitrogens is 2. The Kier molecular flexibility index (Phi) is 8.97. The lowest BCUT2D eigenvalue weighted by atomic mass is 9.97. The highest BCUT2D eigenvalue weighted by Crippen LogP contribution is 2.41. The van der Waals surface area contributed by atoms with Gasteiger partial charge in [-0.3, -0.25) is 4.79 Å². The molecule has 1 aromatic heterocycles. The van der Waals surface area contributed by atoms with Gasteiger partial charge >= 0.3 is 0 Å². The number of anilines is 1. The quantitative estimate of drug-likeness (QED) is 0.435. The Bertz CT molecular complexity index is 1290. The van der Waals surface area contributed by atoms with Crippen LogP contribution in [0.15, 0.2) is 48.5 Å². The minimum atomic E-state index is -2.58. The lowest BCUT2D eigenvalue weighted by Gasteiger charge is -2.34. The number of nitrogens with one attached hydrogen (secondary N) is 2. The third kappa shape index (κ3) is 5.96. The summed E-state index contributed by atoms with van der Waals surface area (Å²) in [5, 5.41) is 11.2. The fourth-order valence-electron chi connectivity index (χ4n) is 5.25. The number of halogens is 3. The van der Waals surface area contributed by atoms with E-state index < -0.39 is 12.5 Å². The number of fused-ring (bicyclic) bond motifs is 1. The molecule has 2 unspecified atom stereocenters. The molecule has 3 aromatic rings. The zero-order valence-corrected chi connectivity index (χ0v) is 23.0. The van der Waals surface area contributed by atoms with Gasteiger partial charge in [0.1, 0.15) is 11.9 Å². The lowest BCUT2D eigenvalue weighted by Crippen LogP contribution is -2.52. The third-order valence-corrected chi connectivity index (χ3v) is 7.38. The highest BCUT2D eigenvalue weighted by atomic mass is 35.5. The topological polar surface area (TPSA) is 80.7 Å². The van der Waals surface area contributed by atoms with E-state index in [4.69, 9.17) is 9.47 Å². The summed E-state index contributed by atoms with van der Waals surface area (Å²) in [4.78, 5) is 14.7. The molecule has 2 aliphatic rings. The maximum Gasteiger partial charge on any atom is 0.260 e. The van der Waals surface area contributed by atoms with Crippen molar-refractivity contribution >= 4 is 24.1 Å². The second kappa shape index (κ2) is 12.2. The predicted octanol–water partition coefficient (Wildman–Crippen LogP) is 4.72. The number of hydrogen-bond acceptors (Lipinski definition) is 6. The van der Waals surface area contributed by atoms with Crippen LogP contribution in [0.25, 0.3) is 11.3 Å². The molecule has 2 aliphatic heterocycles. The molecule has 1 saturated heterocycles. The van der Waals surface area contributed by atoms with Crippen LogP contribution in [0.4, 0.5) is 14.6 Å². The van der Waals surface area contributed by atoms with Gasteiger partial charge in [0.2, 0.25) is 5.91 Å². The number of benzene rings is 2. The number of hydrogen-bond donors (Lipinski definition) is 2. The van der Waals surface area contributed by atoms with Crippen molar-refractivity contribution in [3.8, 4) is 22.8 Å². The highest BCUT2D eigenvalue weighted by molar-refractivity contribution is 5.85. The van der Waals surface area contributed by atoms with Gasteiger partial charge in [-0.05, 0) is 36.6 Å². The molecule has 2 N–H and O–H groups in total. The zero-order chi connectivity index (χ0) is 26.8. The molecule has 3 heterocycles. The van der Waals surface area contributed by atoms with E-state index >= 15 is 0 Å². The standard InChI is InChI=1S/C28H33F2N5O3.ClH/c1-17-16-31-10-11-34(17)27(36)12-18-4-6-19(7-5-18)22-15-26-32-21(14-23(28(29)30)35(26)33-22)20-8-9-24(37-2)25(13-20)38-3;/h4-9,13,15,17,21,23,28,31-32H,10-12,14,16H2,1-3H3;1H/t17-,21?,23?;/m0./s1. The van der Waals surface area contributed by atoms with Crippen molar-refractivity contribution < 1.29 is 23.0 Å². The smallest absolute Gasteiger partial charge is 0.260 e. The first-order chi connectivity index (χ1) is 18.4. The molecule has 0 aliphatic carbocycles. The summed E-state index contributed by atoms with van der Waals surface area (Å²) in [6, 6.07) is 13.6. The monoisotopic (exact) mass is 561 g/mol. The second-order valence-corrected chi connectivity index (χ2v) is 9.82. The van der Waals surface area contributed by atoms with Crippen LogP contribution in [-0.2, 0) is 11.2 Å². The molecule has 3 atom stereocenters. The predicted molar refractivity (Wildman–Crippen MR) is 148 cm³/mol. The maximum atomic E-state index is 14.1. The molecule has 11 heteroatoms. The van der Waals surface area contributed by atoms with Gasteiger partial charge in [-0.1, -0.05) is 30.3 Å². The van der Waals surface area contributed by atoms with Crippen LogP contribution in [0, 0.1) is 0 Å². The number of alkyl halides is 2. The van der Waals surface area contributed by atoms with E-state index in [9.17, 15) is 13.6 Å². The van der Waals surface area contributed by atoms with Gasteiger partial charge in [0.05, 0.1) is 32.4 Å². The molecule has 5 rings (SSSR count). The van der Waals surface area contributed by atoms with Gasteiger partial charge in [0.15, 0.2) is 11.5 Å². The number of methoxy groups -OCH3 is 2. The van der Waals surface area contributed by atoms with Gasteiger partial charge in [-0.25, -0.2) is 13.5 Å². The van der Waals surface area contributed by atoms with Crippen LogP contribution in [-0.4, -0.2) is 66.9 Å². The molecule has 1 fully saturated rings. The van der Waals surface area contributed by atoms with Crippen LogP contribution >= 0.6 is 12.4 Å². The van der Waals surface area contributed by atoms with Gasteiger partial charge in [-0.15, -0.1) is 12.4 Å². The van der Waals surface area contributed by atoms with E-state index in [0.29, 0.717) is 36.0 Å². The molecule has 8 nitrogen and oxygen atoms in total. The molecule has 1 amide bonds. The average molecular weight is 562 g/mol. The number of amides is 1. The van der Waals surface area contributed by atoms with E-state index in [0.717, 1.165) is 29.8 Å². The maximum absolute atomic E-state index is 14.1. The van der Waals surface area contributed by atoms with Crippen LogP contribution in [0.2, 0.25) is 0 Å². The van der Waals surface area contributed by atoms with Crippen molar-refractivity contribution in [3.05, 3.63) is 59.7 Å². The first-order valence-electron chi connectivity index (χ1n) is 12.8. The average Bonchev–Trinajstić information content (AvgIpc) is 3.36. The Morgan fingerprint density at radius 1 is 1.10 bits per heavy atom. The van der Waals surface area contributed by atoms with Gasteiger partial charge < -0.3 is 25.0 Å². The summed E-state index contributed by atoms with van der Waals surface area (Å²) in [5.41, 5.74) is 3.14. The van der Waals surface area contributed by atoms with Gasteiger partial charge in [-0.2, -0.15) is 5.10 Å². The number of rotatable bonds is 7. The molecular formula is C28H34ClF2N5O3. The first kappa shape index (κ1) is 28.6. The Balaban J connectivity index is 0.00000353. The molecule has 210 valence electrons. The lowest BCUT2D eigenvalue weighted by molar-refractivity contribution is -0.133. The van der Waals surface area contributed by atoms with Crippen LogP contribution < -0.4 is 20.1 Å². The van der Waals surface area contributed by atoms with Crippen molar-refractivity contribution in [2.45, 2.75) is 44.3 Å². The van der Waals surface area contributed by atoms with Crippen LogP contribution in [0.1, 0.15) is 36.6 Å². The minimum Gasteiger partial charge on any atom is -0.493 e. The SMILES string of the molecule is COc1ccc(C2CC(C(F)F)n3nc(-c4ccc(CC(=O)N5CCNC[C@@H]5C)cc4)cc3N2)cc1OC.Cl. The van der Waals surface area contributed by atoms with Gasteiger partial charge in [0.25, 0.3) is 6.43 Å². The summed E-state index contributed by atoms with van der Waals surface area (Å²) >= 11 is 0. The molecule has 0 radical (unpaired) electrons. The van der Waals surface area contributed by atoms with Crippen LogP contribution in [0.3, 0.4) is 0 Å². The minimum absolute atomic E-state index is 0. The van der Waals surface area contributed by atoms with Crippen molar-refractivity contribution in [3.63, 3.8) is 0 Å². The second-order valence-electron chi connectivity index (χ2n) is 9.82. The largest absolute Gasteiger partial charge is 0.493 e. The molecule has 2 aromatic carbocycles. The third-order valence-electron chi connectivity index (χ3n) is 7.38. The normalized spacial score (nSPS) is 20.6. The first-order valence-corrected chi connectivity index (χ1v) is 12.8. The Labute approximate surface area is 233 Å². The fourth-order valence-corrected chi connectivity index (χ4v) is 5.25. The Hall–Kier alpha value is -3.37. The molecule has 39 heavy (non-hydrogen) atoms. The summed E-state index contributed by atoms with van der Waals surface area (Å²) in [7, 11) is 3.10. The number of carbonyl (C=O) groups is 1. The van der Waals surface area contributed by atoms with E-state index in [-0.39, 0.29) is 36.8 Å². The number of ether oxygens (including phenoxy) is 2. The summed E-state index contributed by atoms with van der Waals surface area (Å²) in [5.74, 6) is 1.76. The van der Waals surface area contributed by atoms with Crippen molar-refractivity contribution in [2.75, 3.05) is 39.2 Å². The van der Waals surface area contributed by atoms with Crippen molar-refractivity contribution in [1.82, 2.24) is 20.0 Å². The number of carbonyl (C=O) groups excluding carboxylic acids is 1. The zero-order valence-electron chi connectivity index (χ0n) is 22.2. The van der Waals surface area contributed by atoms with E-state index in [1.807, 2.05) is 48.2 Å². The fraction of sp³-hybridized carbons (Fsp3) is 0.429. The Morgan fingerprint density at radius 3 is 2.51 bits per heavy atom. The van der Waals surface area contributed by atoms with Crippen molar-refractivity contribution in [2.24, 2.45) is 0 Å². The van der Waals surface area contributed by atoms with E-state index in [1.165, 1.54) is 4.68 Å². The molecular weight excluding hydrogens is 528 g/mol. The summed E-state index contributed by atoms with van der Waals surface area (Å²) in [6.07, 6.45) is -2.08. The van der Waals surface area contributed by atoms with Crippen molar-refractivity contribution in [1.29, 1.82) is 0 Å². The van der Waals surface area contributed by atoms with E-state index in [1.54, 1.807) is 26.4 Å². The molecule has 0 bridgehead atoms. The number of piperazine rings is 1. The number of nitrogens with zero attached hydrogens (tertiary/aromatic N) is 3. The molecule has 0 saturated carbocycles.